The fourth-order valence-electron chi connectivity index (χ4n) is 2.59. The number of aromatic nitrogens is 1. The van der Waals surface area contributed by atoms with Crippen molar-refractivity contribution in [2.45, 2.75) is 32.2 Å². The number of nitrogens with two attached hydrogens (primary N) is 1. The first-order valence-corrected chi connectivity index (χ1v) is 8.05. The van der Waals surface area contributed by atoms with Gasteiger partial charge in [0.25, 0.3) is 0 Å². The van der Waals surface area contributed by atoms with E-state index in [1.165, 1.54) is 0 Å². The average molecular weight is 305 g/mol. The molecule has 0 bridgehead atoms. The maximum absolute atomic E-state index is 12.4. The highest BCUT2D eigenvalue weighted by molar-refractivity contribution is 7.13. The van der Waals surface area contributed by atoms with Gasteiger partial charge in [0.1, 0.15) is 5.76 Å². The van der Waals surface area contributed by atoms with Crippen LogP contribution in [0, 0.1) is 6.92 Å². The quantitative estimate of drug-likeness (QED) is 0.943. The zero-order chi connectivity index (χ0) is 14.8. The Hall–Kier alpha value is -1.66. The second kappa shape index (κ2) is 5.99. The number of oxazole rings is 1. The van der Waals surface area contributed by atoms with Gasteiger partial charge in [0, 0.05) is 19.1 Å². The van der Waals surface area contributed by atoms with Crippen LogP contribution in [0.15, 0.2) is 21.9 Å². The van der Waals surface area contributed by atoms with Crippen LogP contribution in [0.3, 0.4) is 0 Å². The minimum Gasteiger partial charge on any atom is -0.440 e. The summed E-state index contributed by atoms with van der Waals surface area (Å²) in [7, 11) is 0. The zero-order valence-electron chi connectivity index (χ0n) is 12.0. The van der Waals surface area contributed by atoms with Crippen LogP contribution >= 0.6 is 11.3 Å². The van der Waals surface area contributed by atoms with Crippen molar-refractivity contribution in [2.75, 3.05) is 13.1 Å². The predicted octanol–water partition coefficient (Wildman–Crippen LogP) is 2.20. The van der Waals surface area contributed by atoms with Crippen molar-refractivity contribution in [3.8, 4) is 10.8 Å². The highest BCUT2D eigenvalue weighted by Crippen LogP contribution is 2.26. The number of thiophene rings is 1. The fourth-order valence-corrected chi connectivity index (χ4v) is 3.24. The summed E-state index contributed by atoms with van der Waals surface area (Å²) >= 11 is 1.58. The molecule has 3 rings (SSSR count). The highest BCUT2D eigenvalue weighted by Gasteiger charge is 2.23. The van der Waals surface area contributed by atoms with E-state index < -0.39 is 0 Å². The summed E-state index contributed by atoms with van der Waals surface area (Å²) in [5.74, 6) is 1.40. The average Bonchev–Trinajstić information content (AvgIpc) is 3.09. The van der Waals surface area contributed by atoms with E-state index in [0.717, 1.165) is 30.0 Å². The molecule has 0 saturated carbocycles. The smallest absolute Gasteiger partial charge is 0.236 e. The van der Waals surface area contributed by atoms with Gasteiger partial charge in [-0.2, -0.15) is 0 Å². The van der Waals surface area contributed by atoms with E-state index in [9.17, 15) is 4.79 Å². The maximum atomic E-state index is 12.4. The van der Waals surface area contributed by atoms with Crippen LogP contribution in [0.5, 0.6) is 0 Å². The molecule has 1 amide bonds. The van der Waals surface area contributed by atoms with Crippen LogP contribution < -0.4 is 5.73 Å². The minimum absolute atomic E-state index is 0.0827. The van der Waals surface area contributed by atoms with Gasteiger partial charge in [-0.3, -0.25) is 4.79 Å². The Morgan fingerprint density at radius 2 is 2.48 bits per heavy atom. The molecule has 1 saturated heterocycles. The Balaban J connectivity index is 1.71. The van der Waals surface area contributed by atoms with Crippen molar-refractivity contribution >= 4 is 17.2 Å². The van der Waals surface area contributed by atoms with Crippen molar-refractivity contribution in [1.29, 1.82) is 0 Å². The maximum Gasteiger partial charge on any atom is 0.236 e. The highest BCUT2D eigenvalue weighted by atomic mass is 32.1. The topological polar surface area (TPSA) is 72.4 Å². The molecule has 0 spiro atoms. The molecule has 1 aliphatic rings. The molecular formula is C15H19N3O2S. The Kier molecular flexibility index (Phi) is 4.07. The number of hydrogen-bond acceptors (Lipinski definition) is 5. The molecule has 3 heterocycles. The Morgan fingerprint density at radius 1 is 1.62 bits per heavy atom. The molecule has 1 atom stereocenters. The third-order valence-electron chi connectivity index (χ3n) is 3.75. The molecule has 5 nitrogen and oxygen atoms in total. The standard InChI is InChI=1S/C15H19N3O2S/c1-10-12(17-15(20-10)13-5-3-7-21-13)8-14(19)18-6-2-4-11(16)9-18/h3,5,7,11H,2,4,6,8-9,16H2,1H3. The Morgan fingerprint density at radius 3 is 3.19 bits per heavy atom. The molecular weight excluding hydrogens is 286 g/mol. The normalized spacial score (nSPS) is 19.0. The minimum atomic E-state index is 0.0827. The van der Waals surface area contributed by atoms with Gasteiger partial charge in [-0.1, -0.05) is 6.07 Å². The molecule has 1 aliphatic heterocycles. The lowest BCUT2D eigenvalue weighted by Crippen LogP contribution is -2.46. The summed E-state index contributed by atoms with van der Waals surface area (Å²) in [6, 6.07) is 4.02. The van der Waals surface area contributed by atoms with Crippen LogP contribution in [0.2, 0.25) is 0 Å². The van der Waals surface area contributed by atoms with E-state index >= 15 is 0 Å². The molecule has 0 aliphatic carbocycles. The lowest BCUT2D eigenvalue weighted by atomic mass is 10.1. The molecule has 6 heteroatoms. The molecule has 0 radical (unpaired) electrons. The number of carbonyl (C=O) groups is 1. The summed E-state index contributed by atoms with van der Waals surface area (Å²) in [6.45, 7) is 3.30. The number of carbonyl (C=O) groups excluding carboxylic acids is 1. The number of piperidine rings is 1. The largest absolute Gasteiger partial charge is 0.440 e. The van der Waals surface area contributed by atoms with Crippen molar-refractivity contribution in [3.63, 3.8) is 0 Å². The molecule has 112 valence electrons. The van der Waals surface area contributed by atoms with Crippen LogP contribution in [0.4, 0.5) is 0 Å². The van der Waals surface area contributed by atoms with E-state index in [2.05, 4.69) is 4.98 Å². The first kappa shape index (κ1) is 14.3. The Bertz CT molecular complexity index is 621. The summed E-state index contributed by atoms with van der Waals surface area (Å²) in [5, 5.41) is 1.98. The number of likely N-dealkylation sites (tertiary alicyclic amines) is 1. The second-order valence-electron chi connectivity index (χ2n) is 5.42. The fraction of sp³-hybridized carbons (Fsp3) is 0.467. The van der Waals surface area contributed by atoms with Gasteiger partial charge in [-0.25, -0.2) is 4.98 Å². The van der Waals surface area contributed by atoms with E-state index in [4.69, 9.17) is 10.2 Å². The van der Waals surface area contributed by atoms with Crippen molar-refractivity contribution in [1.82, 2.24) is 9.88 Å². The van der Waals surface area contributed by atoms with Gasteiger partial charge in [0.15, 0.2) is 0 Å². The molecule has 2 N–H and O–H groups in total. The lowest BCUT2D eigenvalue weighted by molar-refractivity contribution is -0.131. The molecule has 1 unspecified atom stereocenters. The third kappa shape index (κ3) is 3.16. The van der Waals surface area contributed by atoms with Crippen LogP contribution in [0.1, 0.15) is 24.3 Å². The summed E-state index contributed by atoms with van der Waals surface area (Å²) in [6.07, 6.45) is 2.26. The number of nitrogens with zero attached hydrogens (tertiary/aromatic N) is 2. The van der Waals surface area contributed by atoms with Gasteiger partial charge < -0.3 is 15.1 Å². The SMILES string of the molecule is Cc1oc(-c2cccs2)nc1CC(=O)N1CCCC(N)C1. The van der Waals surface area contributed by atoms with E-state index in [-0.39, 0.29) is 18.4 Å². The summed E-state index contributed by atoms with van der Waals surface area (Å²) < 4.78 is 5.67. The molecule has 2 aromatic heterocycles. The first-order valence-electron chi connectivity index (χ1n) is 7.17. The second-order valence-corrected chi connectivity index (χ2v) is 6.37. The van der Waals surface area contributed by atoms with Crippen LogP contribution in [-0.4, -0.2) is 34.9 Å². The van der Waals surface area contributed by atoms with E-state index in [1.54, 1.807) is 11.3 Å². The van der Waals surface area contributed by atoms with Crippen LogP contribution in [0.25, 0.3) is 10.8 Å². The van der Waals surface area contributed by atoms with Crippen molar-refractivity contribution in [2.24, 2.45) is 5.73 Å². The van der Waals surface area contributed by atoms with Crippen molar-refractivity contribution < 1.29 is 9.21 Å². The number of aryl methyl sites for hydroxylation is 1. The van der Waals surface area contributed by atoms with Gasteiger partial charge in [0.05, 0.1) is 17.0 Å². The van der Waals surface area contributed by atoms with E-state index in [0.29, 0.717) is 18.2 Å². The molecule has 1 fully saturated rings. The van der Waals surface area contributed by atoms with Crippen molar-refractivity contribution in [3.05, 3.63) is 29.0 Å². The Labute approximate surface area is 127 Å². The van der Waals surface area contributed by atoms with Gasteiger partial charge in [-0.15, -0.1) is 11.3 Å². The van der Waals surface area contributed by atoms with Gasteiger partial charge >= 0.3 is 0 Å². The lowest BCUT2D eigenvalue weighted by Gasteiger charge is -2.30. The third-order valence-corrected chi connectivity index (χ3v) is 4.61. The summed E-state index contributed by atoms with van der Waals surface area (Å²) in [5.41, 5.74) is 6.65. The van der Waals surface area contributed by atoms with Gasteiger partial charge in [-0.05, 0) is 31.2 Å². The van der Waals surface area contributed by atoms with Gasteiger partial charge in [0.2, 0.25) is 11.8 Å². The zero-order valence-corrected chi connectivity index (χ0v) is 12.9. The first-order chi connectivity index (χ1) is 10.1. The monoisotopic (exact) mass is 305 g/mol. The number of amides is 1. The molecule has 21 heavy (non-hydrogen) atoms. The molecule has 2 aromatic rings. The molecule has 0 aromatic carbocycles. The van der Waals surface area contributed by atoms with E-state index in [1.807, 2.05) is 29.3 Å². The predicted molar refractivity (Wildman–Crippen MR) is 82.0 cm³/mol. The van der Waals surface area contributed by atoms with Crippen LogP contribution in [-0.2, 0) is 11.2 Å². The number of hydrogen-bond donors (Lipinski definition) is 1. The number of rotatable bonds is 3. The summed E-state index contributed by atoms with van der Waals surface area (Å²) in [4.78, 5) is 19.6.